The highest BCUT2D eigenvalue weighted by Crippen LogP contribution is 2.28. The van der Waals surface area contributed by atoms with E-state index in [1.165, 1.54) is 0 Å². The first-order valence-electron chi connectivity index (χ1n) is 6.95. The molecule has 1 unspecified atom stereocenters. The first-order chi connectivity index (χ1) is 9.95. The number of nitrogens with zero attached hydrogens (tertiary/aromatic N) is 6. The average Bonchev–Trinajstić information content (AvgIpc) is 2.94. The molecule has 2 aromatic heterocycles. The topological polar surface area (TPSA) is 98.7 Å². The molecule has 0 bridgehead atoms. The van der Waals surface area contributed by atoms with Crippen LogP contribution in [0.3, 0.4) is 0 Å². The van der Waals surface area contributed by atoms with E-state index in [2.05, 4.69) is 20.6 Å². The van der Waals surface area contributed by atoms with E-state index in [9.17, 15) is 4.79 Å². The molecule has 0 saturated carbocycles. The van der Waals surface area contributed by atoms with E-state index in [1.807, 2.05) is 27.8 Å². The summed E-state index contributed by atoms with van der Waals surface area (Å²) in [5, 5.41) is 25.3. The highest BCUT2D eigenvalue weighted by molar-refractivity contribution is 5.67. The Morgan fingerprint density at radius 3 is 2.62 bits per heavy atom. The van der Waals surface area contributed by atoms with E-state index in [-0.39, 0.29) is 12.5 Å². The molecule has 0 aromatic carbocycles. The Morgan fingerprint density at radius 1 is 1.38 bits per heavy atom. The molecule has 2 aromatic rings. The molecule has 2 rings (SSSR count). The maximum atomic E-state index is 11.1. The number of carbonyl (C=O) groups is 1. The highest BCUT2D eigenvalue weighted by atomic mass is 16.4. The molecule has 0 saturated heterocycles. The van der Waals surface area contributed by atoms with E-state index in [0.29, 0.717) is 12.2 Å². The van der Waals surface area contributed by atoms with Crippen LogP contribution in [-0.2, 0) is 11.8 Å². The summed E-state index contributed by atoms with van der Waals surface area (Å²) in [5.74, 6) is -0.271. The van der Waals surface area contributed by atoms with Gasteiger partial charge in [-0.2, -0.15) is 5.10 Å². The zero-order valence-corrected chi connectivity index (χ0v) is 12.7. The summed E-state index contributed by atoms with van der Waals surface area (Å²) in [4.78, 5) is 11.1. The first-order valence-corrected chi connectivity index (χ1v) is 6.95. The zero-order chi connectivity index (χ0) is 15.6. The van der Waals surface area contributed by atoms with Crippen molar-refractivity contribution in [3.63, 3.8) is 0 Å². The first kappa shape index (κ1) is 15.1. The number of hydrogen-bond acceptors (Lipinski definition) is 5. The molecule has 8 nitrogen and oxygen atoms in total. The number of aryl methyl sites for hydroxylation is 2. The maximum absolute atomic E-state index is 11.1. The molecule has 21 heavy (non-hydrogen) atoms. The minimum atomic E-state index is -0.852. The molecule has 114 valence electrons. The maximum Gasteiger partial charge on any atom is 0.305 e. The Labute approximate surface area is 122 Å². The van der Waals surface area contributed by atoms with E-state index >= 15 is 0 Å². The fraction of sp³-hybridized carbons (Fsp3) is 0.615. The molecule has 0 aliphatic rings. The molecule has 1 atom stereocenters. The van der Waals surface area contributed by atoms with Crippen molar-refractivity contribution in [3.05, 3.63) is 11.4 Å². The lowest BCUT2D eigenvalue weighted by Gasteiger charge is -2.15. The monoisotopic (exact) mass is 292 g/mol. The average molecular weight is 292 g/mol. The Hall–Kier alpha value is -2.25. The third-order valence-electron chi connectivity index (χ3n) is 3.60. The van der Waals surface area contributed by atoms with Crippen LogP contribution in [0.2, 0.25) is 0 Å². The van der Waals surface area contributed by atoms with Gasteiger partial charge >= 0.3 is 5.97 Å². The second kappa shape index (κ2) is 6.02. The molecular formula is C13H20N6O2. The number of carboxylic acids is 1. The third kappa shape index (κ3) is 2.93. The van der Waals surface area contributed by atoms with Gasteiger partial charge in [0, 0.05) is 12.7 Å². The molecule has 8 heteroatoms. The summed E-state index contributed by atoms with van der Waals surface area (Å²) in [6, 6.07) is -0.253. The lowest BCUT2D eigenvalue weighted by atomic mass is 10.1. The molecule has 0 amide bonds. The van der Waals surface area contributed by atoms with Crippen molar-refractivity contribution in [1.82, 2.24) is 30.0 Å². The summed E-state index contributed by atoms with van der Waals surface area (Å²) in [5.41, 5.74) is 2.65. The van der Waals surface area contributed by atoms with E-state index in [1.54, 1.807) is 9.36 Å². The van der Waals surface area contributed by atoms with Crippen molar-refractivity contribution in [3.8, 4) is 11.4 Å². The quantitative estimate of drug-likeness (QED) is 0.866. The minimum absolute atomic E-state index is 0.00420. The SMILES string of the molecule is CCCC(CC(=O)O)n1nnnc1-c1c(C)nn(C)c1C. The Bertz CT molecular complexity index is 645. The Morgan fingerprint density at radius 2 is 2.10 bits per heavy atom. The molecular weight excluding hydrogens is 272 g/mol. The second-order valence-electron chi connectivity index (χ2n) is 5.16. The van der Waals surface area contributed by atoms with Gasteiger partial charge in [0.05, 0.1) is 23.7 Å². The molecule has 2 heterocycles. The van der Waals surface area contributed by atoms with Gasteiger partial charge < -0.3 is 5.11 Å². The predicted molar refractivity (Wildman–Crippen MR) is 75.7 cm³/mol. The fourth-order valence-electron chi connectivity index (χ4n) is 2.55. The van der Waals surface area contributed by atoms with Crippen molar-refractivity contribution < 1.29 is 9.90 Å². The lowest BCUT2D eigenvalue weighted by molar-refractivity contribution is -0.138. The number of tetrazole rings is 1. The molecule has 0 aliphatic heterocycles. The van der Waals surface area contributed by atoms with Crippen molar-refractivity contribution in [2.75, 3.05) is 0 Å². The molecule has 0 aliphatic carbocycles. The summed E-state index contributed by atoms with van der Waals surface area (Å²) < 4.78 is 3.39. The van der Waals surface area contributed by atoms with E-state index in [0.717, 1.165) is 23.4 Å². The van der Waals surface area contributed by atoms with Crippen LogP contribution in [0.25, 0.3) is 11.4 Å². The van der Waals surface area contributed by atoms with Crippen LogP contribution in [0.4, 0.5) is 0 Å². The van der Waals surface area contributed by atoms with Gasteiger partial charge in [-0.05, 0) is 30.7 Å². The number of hydrogen-bond donors (Lipinski definition) is 1. The van der Waals surface area contributed by atoms with Crippen LogP contribution in [-0.4, -0.2) is 41.1 Å². The van der Waals surface area contributed by atoms with Crippen LogP contribution in [0, 0.1) is 13.8 Å². The number of rotatable bonds is 6. The van der Waals surface area contributed by atoms with Crippen LogP contribution >= 0.6 is 0 Å². The van der Waals surface area contributed by atoms with Crippen LogP contribution in [0.1, 0.15) is 43.6 Å². The van der Waals surface area contributed by atoms with Crippen molar-refractivity contribution >= 4 is 5.97 Å². The highest BCUT2D eigenvalue weighted by Gasteiger charge is 2.24. The molecule has 0 spiro atoms. The van der Waals surface area contributed by atoms with Gasteiger partial charge in [-0.1, -0.05) is 13.3 Å². The summed E-state index contributed by atoms with van der Waals surface area (Å²) >= 11 is 0. The van der Waals surface area contributed by atoms with E-state index < -0.39 is 5.97 Å². The zero-order valence-electron chi connectivity index (χ0n) is 12.7. The van der Waals surface area contributed by atoms with Gasteiger partial charge in [-0.15, -0.1) is 5.10 Å². The van der Waals surface area contributed by atoms with Crippen LogP contribution in [0.5, 0.6) is 0 Å². The predicted octanol–water partition coefficient (Wildman–Crippen LogP) is 1.51. The summed E-state index contributed by atoms with van der Waals surface area (Å²) in [6.45, 7) is 5.85. The van der Waals surface area contributed by atoms with Gasteiger partial charge in [0.25, 0.3) is 0 Å². The normalized spacial score (nSPS) is 12.6. The Balaban J connectivity index is 2.48. The summed E-state index contributed by atoms with van der Waals surface area (Å²) in [7, 11) is 1.86. The van der Waals surface area contributed by atoms with Crippen molar-refractivity contribution in [1.29, 1.82) is 0 Å². The van der Waals surface area contributed by atoms with Crippen molar-refractivity contribution in [2.45, 2.75) is 46.1 Å². The molecule has 0 radical (unpaired) electrons. The van der Waals surface area contributed by atoms with E-state index in [4.69, 9.17) is 5.11 Å². The second-order valence-corrected chi connectivity index (χ2v) is 5.16. The van der Waals surface area contributed by atoms with Gasteiger partial charge in [0.2, 0.25) is 0 Å². The lowest BCUT2D eigenvalue weighted by Crippen LogP contribution is -2.16. The smallest absolute Gasteiger partial charge is 0.305 e. The largest absolute Gasteiger partial charge is 0.481 e. The Kier molecular flexibility index (Phi) is 4.35. The van der Waals surface area contributed by atoms with Crippen molar-refractivity contribution in [2.24, 2.45) is 7.05 Å². The van der Waals surface area contributed by atoms with Crippen LogP contribution in [0.15, 0.2) is 0 Å². The van der Waals surface area contributed by atoms with Gasteiger partial charge in [0.1, 0.15) is 0 Å². The van der Waals surface area contributed by atoms with Crippen LogP contribution < -0.4 is 0 Å². The molecule has 0 fully saturated rings. The van der Waals surface area contributed by atoms with Gasteiger partial charge in [0.15, 0.2) is 5.82 Å². The van der Waals surface area contributed by atoms with Gasteiger partial charge in [-0.25, -0.2) is 4.68 Å². The number of aliphatic carboxylic acids is 1. The number of aromatic nitrogens is 6. The minimum Gasteiger partial charge on any atom is -0.481 e. The molecule has 1 N–H and O–H groups in total. The fourth-order valence-corrected chi connectivity index (χ4v) is 2.55. The van der Waals surface area contributed by atoms with Gasteiger partial charge in [-0.3, -0.25) is 9.48 Å². The summed E-state index contributed by atoms with van der Waals surface area (Å²) in [6.07, 6.45) is 1.58. The standard InChI is InChI=1S/C13H20N6O2/c1-5-6-10(7-11(20)21)19-13(14-16-17-19)12-8(2)15-18(4)9(12)3/h10H,5-7H2,1-4H3,(H,20,21). The third-order valence-corrected chi connectivity index (χ3v) is 3.60. The number of carboxylic acid groups (broad SMARTS) is 1.